The van der Waals surface area contributed by atoms with E-state index in [0.717, 1.165) is 29.7 Å². The molecule has 1 atom stereocenters. The van der Waals surface area contributed by atoms with E-state index in [0.29, 0.717) is 22.4 Å². The Kier molecular flexibility index (Phi) is 5.44. The molecule has 1 N–H and O–H groups in total. The fourth-order valence-electron chi connectivity index (χ4n) is 3.15. The molecule has 3 heterocycles. The molecule has 4 aromatic rings. The molecule has 0 aliphatic carbocycles. The molecular formula is C22H20ClN5. The van der Waals surface area contributed by atoms with E-state index in [1.54, 1.807) is 18.6 Å². The van der Waals surface area contributed by atoms with Crippen molar-refractivity contribution < 1.29 is 0 Å². The first kappa shape index (κ1) is 18.3. The topological polar surface area (TPSA) is 63.6 Å². The minimum atomic E-state index is 0.371. The van der Waals surface area contributed by atoms with Crippen LogP contribution in [0.4, 0.5) is 5.82 Å². The predicted molar refractivity (Wildman–Crippen MR) is 113 cm³/mol. The van der Waals surface area contributed by atoms with E-state index in [4.69, 9.17) is 16.6 Å². The number of rotatable bonds is 6. The molecule has 0 saturated carbocycles. The maximum atomic E-state index is 6.32. The molecule has 0 aliphatic heterocycles. The van der Waals surface area contributed by atoms with Crippen LogP contribution in [0.15, 0.2) is 67.1 Å². The van der Waals surface area contributed by atoms with Crippen LogP contribution in [-0.4, -0.2) is 26.5 Å². The SMILES string of the molecule is C[C@@H](CNc1nc(-c2ccncc2)nc2c(Cl)nccc12)Cc1ccccc1. The van der Waals surface area contributed by atoms with E-state index in [1.165, 1.54) is 5.56 Å². The van der Waals surface area contributed by atoms with E-state index in [2.05, 4.69) is 51.5 Å². The van der Waals surface area contributed by atoms with Crippen LogP contribution in [0.2, 0.25) is 5.15 Å². The number of hydrogen-bond acceptors (Lipinski definition) is 5. The number of nitrogens with zero attached hydrogens (tertiary/aromatic N) is 4. The van der Waals surface area contributed by atoms with Gasteiger partial charge in [-0.2, -0.15) is 0 Å². The Morgan fingerprint density at radius 2 is 1.75 bits per heavy atom. The lowest BCUT2D eigenvalue weighted by molar-refractivity contribution is 0.611. The Balaban J connectivity index is 1.63. The summed E-state index contributed by atoms with van der Waals surface area (Å²) in [5.74, 6) is 1.80. The van der Waals surface area contributed by atoms with Gasteiger partial charge in [0.15, 0.2) is 11.0 Å². The van der Waals surface area contributed by atoms with Crippen molar-refractivity contribution in [2.75, 3.05) is 11.9 Å². The van der Waals surface area contributed by atoms with Gasteiger partial charge in [-0.05, 0) is 36.1 Å². The fourth-order valence-corrected chi connectivity index (χ4v) is 3.35. The fraction of sp³-hybridized carbons (Fsp3) is 0.182. The lowest BCUT2D eigenvalue weighted by Gasteiger charge is -2.15. The maximum absolute atomic E-state index is 6.32. The van der Waals surface area contributed by atoms with E-state index in [1.807, 2.05) is 24.3 Å². The van der Waals surface area contributed by atoms with Gasteiger partial charge < -0.3 is 5.32 Å². The molecule has 6 heteroatoms. The Morgan fingerprint density at radius 3 is 2.54 bits per heavy atom. The third kappa shape index (κ3) is 4.10. The van der Waals surface area contributed by atoms with Gasteiger partial charge >= 0.3 is 0 Å². The quantitative estimate of drug-likeness (QED) is 0.468. The van der Waals surface area contributed by atoms with E-state index < -0.39 is 0 Å². The van der Waals surface area contributed by atoms with E-state index in [-0.39, 0.29) is 0 Å². The van der Waals surface area contributed by atoms with E-state index >= 15 is 0 Å². The van der Waals surface area contributed by atoms with E-state index in [9.17, 15) is 0 Å². The van der Waals surface area contributed by atoms with Crippen molar-refractivity contribution in [2.45, 2.75) is 13.3 Å². The largest absolute Gasteiger partial charge is 0.369 e. The average molecular weight is 390 g/mol. The normalized spacial score (nSPS) is 12.1. The molecule has 4 rings (SSSR count). The third-order valence-corrected chi connectivity index (χ3v) is 4.83. The van der Waals surface area contributed by atoms with Crippen LogP contribution in [0, 0.1) is 5.92 Å². The molecule has 1 aromatic carbocycles. The number of pyridine rings is 2. The van der Waals surface area contributed by atoms with Crippen molar-refractivity contribution in [1.29, 1.82) is 0 Å². The summed E-state index contributed by atoms with van der Waals surface area (Å²) in [5, 5.41) is 4.73. The zero-order valence-electron chi connectivity index (χ0n) is 15.5. The highest BCUT2D eigenvalue weighted by Crippen LogP contribution is 2.28. The molecule has 0 amide bonds. The first-order chi connectivity index (χ1) is 13.7. The summed E-state index contributed by atoms with van der Waals surface area (Å²) >= 11 is 6.32. The average Bonchev–Trinajstić information content (AvgIpc) is 2.74. The standard InChI is InChI=1S/C22H20ClN5/c1-15(13-16-5-3-2-4-6-16)14-26-22-18-9-12-25-20(23)19(18)27-21(28-22)17-7-10-24-11-8-17/h2-12,15H,13-14H2,1H3,(H,26,27,28)/t15-/m1/s1. The summed E-state index contributed by atoms with van der Waals surface area (Å²) in [5.41, 5.74) is 2.86. The Morgan fingerprint density at radius 1 is 0.964 bits per heavy atom. The molecule has 0 unspecified atom stereocenters. The molecule has 0 saturated heterocycles. The van der Waals surface area contributed by atoms with Crippen molar-refractivity contribution in [3.8, 4) is 11.4 Å². The lowest BCUT2D eigenvalue weighted by Crippen LogP contribution is -2.15. The second-order valence-corrected chi connectivity index (χ2v) is 7.16. The molecule has 5 nitrogen and oxygen atoms in total. The first-order valence-electron chi connectivity index (χ1n) is 9.21. The van der Waals surface area contributed by atoms with Crippen LogP contribution < -0.4 is 5.32 Å². The Hall–Kier alpha value is -3.05. The lowest BCUT2D eigenvalue weighted by atomic mass is 10.0. The maximum Gasteiger partial charge on any atom is 0.162 e. The molecule has 28 heavy (non-hydrogen) atoms. The zero-order chi connectivity index (χ0) is 19.3. The zero-order valence-corrected chi connectivity index (χ0v) is 16.3. The van der Waals surface area contributed by atoms with Crippen LogP contribution in [0.3, 0.4) is 0 Å². The van der Waals surface area contributed by atoms with Crippen LogP contribution in [0.5, 0.6) is 0 Å². The van der Waals surface area contributed by atoms with Crippen molar-refractivity contribution in [3.63, 3.8) is 0 Å². The molecule has 0 bridgehead atoms. The van der Waals surface area contributed by atoms with Crippen molar-refractivity contribution >= 4 is 28.3 Å². The number of hydrogen-bond donors (Lipinski definition) is 1. The van der Waals surface area contributed by atoms with Crippen molar-refractivity contribution in [2.24, 2.45) is 5.92 Å². The van der Waals surface area contributed by atoms with Gasteiger partial charge in [0.05, 0.1) is 0 Å². The second-order valence-electron chi connectivity index (χ2n) is 6.81. The molecule has 140 valence electrons. The second kappa shape index (κ2) is 8.31. The number of nitrogens with one attached hydrogen (secondary N) is 1. The van der Waals surface area contributed by atoms with Gasteiger partial charge in [-0.25, -0.2) is 15.0 Å². The van der Waals surface area contributed by atoms with Crippen molar-refractivity contribution in [3.05, 3.63) is 77.8 Å². The number of benzene rings is 1. The van der Waals surface area contributed by atoms with Gasteiger partial charge in [0.1, 0.15) is 11.3 Å². The van der Waals surface area contributed by atoms with Gasteiger partial charge in [0, 0.05) is 36.1 Å². The van der Waals surface area contributed by atoms with Crippen LogP contribution in [0.1, 0.15) is 12.5 Å². The van der Waals surface area contributed by atoms with Gasteiger partial charge in [0.25, 0.3) is 0 Å². The highest BCUT2D eigenvalue weighted by atomic mass is 35.5. The van der Waals surface area contributed by atoms with Crippen LogP contribution >= 0.6 is 11.6 Å². The molecule has 0 spiro atoms. The molecule has 0 fully saturated rings. The van der Waals surface area contributed by atoms with Crippen LogP contribution in [-0.2, 0) is 6.42 Å². The minimum absolute atomic E-state index is 0.371. The van der Waals surface area contributed by atoms with Gasteiger partial charge in [-0.1, -0.05) is 48.9 Å². The molecule has 0 aliphatic rings. The number of fused-ring (bicyclic) bond motifs is 1. The highest BCUT2D eigenvalue weighted by molar-refractivity contribution is 6.34. The van der Waals surface area contributed by atoms with Crippen LogP contribution in [0.25, 0.3) is 22.3 Å². The van der Waals surface area contributed by atoms with Crippen molar-refractivity contribution in [1.82, 2.24) is 19.9 Å². The number of anilines is 1. The summed E-state index contributed by atoms with van der Waals surface area (Å²) in [6.45, 7) is 3.01. The monoisotopic (exact) mass is 389 g/mol. The van der Waals surface area contributed by atoms with Gasteiger partial charge in [-0.3, -0.25) is 4.98 Å². The number of aromatic nitrogens is 4. The number of halogens is 1. The van der Waals surface area contributed by atoms with Gasteiger partial charge in [-0.15, -0.1) is 0 Å². The van der Waals surface area contributed by atoms with Gasteiger partial charge in [0.2, 0.25) is 0 Å². The Bertz CT molecular complexity index is 1070. The summed E-state index contributed by atoms with van der Waals surface area (Å²) in [4.78, 5) is 17.6. The minimum Gasteiger partial charge on any atom is -0.369 e. The molecule has 3 aromatic heterocycles. The first-order valence-corrected chi connectivity index (χ1v) is 9.59. The third-order valence-electron chi connectivity index (χ3n) is 4.55. The highest BCUT2D eigenvalue weighted by Gasteiger charge is 2.13. The summed E-state index contributed by atoms with van der Waals surface area (Å²) in [6, 6.07) is 16.2. The summed E-state index contributed by atoms with van der Waals surface area (Å²) < 4.78 is 0. The summed E-state index contributed by atoms with van der Waals surface area (Å²) in [7, 11) is 0. The Labute approximate surface area is 168 Å². The predicted octanol–water partition coefficient (Wildman–Crippen LogP) is 5.03. The smallest absolute Gasteiger partial charge is 0.162 e. The summed E-state index contributed by atoms with van der Waals surface area (Å²) in [6.07, 6.45) is 6.13. The molecular weight excluding hydrogens is 370 g/mol. The molecule has 0 radical (unpaired) electrons.